The highest BCUT2D eigenvalue weighted by atomic mass is 15.1. The third-order valence-corrected chi connectivity index (χ3v) is 4.89. The third-order valence-electron chi connectivity index (χ3n) is 4.89. The smallest absolute Gasteiger partial charge is 0.0830 e. The van der Waals surface area contributed by atoms with Crippen molar-refractivity contribution >= 4 is 33.1 Å². The fraction of sp³-hybridized carbons (Fsp3) is 0.136. The molecule has 0 spiro atoms. The lowest BCUT2D eigenvalue weighted by molar-refractivity contribution is 0.886. The van der Waals surface area contributed by atoms with Gasteiger partial charge in [-0.05, 0) is 30.0 Å². The lowest BCUT2D eigenvalue weighted by atomic mass is 9.93. The molecule has 0 bridgehead atoms. The highest BCUT2D eigenvalue weighted by Crippen LogP contribution is 2.47. The van der Waals surface area contributed by atoms with E-state index < -0.39 is 0 Å². The topological polar surface area (TPSA) is 16.1 Å². The Bertz CT molecular complexity index is 1080. The summed E-state index contributed by atoms with van der Waals surface area (Å²) in [5.74, 6) is 0. The quantitative estimate of drug-likeness (QED) is 0.427. The Kier molecular flexibility index (Phi) is 2.86. The number of anilines is 2. The van der Waals surface area contributed by atoms with Crippen molar-refractivity contribution in [1.82, 2.24) is 4.98 Å². The summed E-state index contributed by atoms with van der Waals surface area (Å²) >= 11 is 0. The second kappa shape index (κ2) is 5.07. The lowest BCUT2D eigenvalue weighted by Gasteiger charge is -2.33. The molecule has 4 aromatic rings. The normalized spacial score (nSPS) is 12.6. The lowest BCUT2D eigenvalue weighted by Crippen LogP contribution is -2.21. The van der Waals surface area contributed by atoms with Gasteiger partial charge in [0.25, 0.3) is 0 Å². The van der Waals surface area contributed by atoms with E-state index >= 15 is 0 Å². The molecule has 3 aromatic carbocycles. The van der Waals surface area contributed by atoms with Gasteiger partial charge in [0.2, 0.25) is 0 Å². The van der Waals surface area contributed by atoms with Gasteiger partial charge in [-0.2, -0.15) is 0 Å². The summed E-state index contributed by atoms with van der Waals surface area (Å²) < 4.78 is 0. The van der Waals surface area contributed by atoms with E-state index in [1.54, 1.807) is 0 Å². The predicted octanol–water partition coefficient (Wildman–Crippen LogP) is 5.92. The molecule has 0 saturated carbocycles. The van der Waals surface area contributed by atoms with Gasteiger partial charge in [-0.3, -0.25) is 0 Å². The van der Waals surface area contributed by atoms with Crippen LogP contribution in [0.25, 0.3) is 32.9 Å². The first kappa shape index (κ1) is 13.6. The second-order valence-electron chi connectivity index (χ2n) is 6.35. The van der Waals surface area contributed by atoms with Crippen molar-refractivity contribution in [3.05, 3.63) is 66.7 Å². The minimum Gasteiger partial charge on any atom is -0.340 e. The molecule has 1 aliphatic heterocycles. The molecule has 0 saturated heterocycles. The van der Waals surface area contributed by atoms with Crippen LogP contribution in [0.4, 0.5) is 11.4 Å². The van der Waals surface area contributed by atoms with E-state index in [1.807, 2.05) is 0 Å². The van der Waals surface area contributed by atoms with Crippen LogP contribution in [0.3, 0.4) is 0 Å². The van der Waals surface area contributed by atoms with Crippen molar-refractivity contribution in [2.45, 2.75) is 13.3 Å². The zero-order valence-electron chi connectivity index (χ0n) is 13.7. The molecule has 0 aliphatic carbocycles. The number of pyridine rings is 1. The van der Waals surface area contributed by atoms with Crippen LogP contribution in [0.1, 0.15) is 13.3 Å². The molecule has 24 heavy (non-hydrogen) atoms. The van der Waals surface area contributed by atoms with Gasteiger partial charge in [-0.1, -0.05) is 55.5 Å². The Morgan fingerprint density at radius 2 is 1.54 bits per heavy atom. The van der Waals surface area contributed by atoms with E-state index in [4.69, 9.17) is 4.98 Å². The van der Waals surface area contributed by atoms with Gasteiger partial charge in [0, 0.05) is 22.9 Å². The monoisotopic (exact) mass is 310 g/mol. The van der Waals surface area contributed by atoms with Crippen molar-refractivity contribution in [3.63, 3.8) is 0 Å². The molecule has 0 unspecified atom stereocenters. The SMILES string of the molecule is CCCN1c2ccccc2-c2nc3ccccc3c3cccc1c23. The Labute approximate surface area is 141 Å². The summed E-state index contributed by atoms with van der Waals surface area (Å²) in [6.07, 6.45) is 1.11. The summed E-state index contributed by atoms with van der Waals surface area (Å²) in [4.78, 5) is 7.49. The molecule has 5 rings (SSSR count). The number of nitrogens with zero attached hydrogens (tertiary/aromatic N) is 2. The molecule has 0 radical (unpaired) electrons. The number of rotatable bonds is 2. The van der Waals surface area contributed by atoms with Gasteiger partial charge in [-0.15, -0.1) is 0 Å². The molecule has 1 aliphatic rings. The van der Waals surface area contributed by atoms with E-state index in [1.165, 1.54) is 33.1 Å². The number of hydrogen-bond donors (Lipinski definition) is 0. The van der Waals surface area contributed by atoms with Crippen LogP contribution in [0.15, 0.2) is 66.7 Å². The molecule has 0 N–H and O–H groups in total. The molecule has 2 nitrogen and oxygen atoms in total. The zero-order valence-corrected chi connectivity index (χ0v) is 13.7. The molecule has 2 heterocycles. The van der Waals surface area contributed by atoms with Crippen LogP contribution in [-0.2, 0) is 0 Å². The summed E-state index contributed by atoms with van der Waals surface area (Å²) in [6, 6.07) is 23.7. The van der Waals surface area contributed by atoms with Crippen molar-refractivity contribution in [1.29, 1.82) is 0 Å². The Morgan fingerprint density at radius 1 is 0.792 bits per heavy atom. The zero-order chi connectivity index (χ0) is 16.1. The molecule has 0 atom stereocenters. The second-order valence-corrected chi connectivity index (χ2v) is 6.35. The van der Waals surface area contributed by atoms with Crippen LogP contribution in [0.2, 0.25) is 0 Å². The van der Waals surface area contributed by atoms with E-state index in [0.717, 1.165) is 24.2 Å². The number of aromatic nitrogens is 1. The summed E-state index contributed by atoms with van der Waals surface area (Å²) in [6.45, 7) is 3.25. The standard InChI is InChI=1S/C22H18N2/c1-2-14-24-19-12-6-4-9-17(19)22-21-16(10-7-13-20(21)24)15-8-3-5-11-18(15)23-22/h3-13H,2,14H2,1H3. The van der Waals surface area contributed by atoms with Crippen LogP contribution in [-0.4, -0.2) is 11.5 Å². The summed E-state index contributed by atoms with van der Waals surface area (Å²) in [5, 5.41) is 3.81. The first-order valence-corrected chi connectivity index (χ1v) is 8.57. The molecular formula is C22H18N2. The average molecular weight is 310 g/mol. The van der Waals surface area contributed by atoms with E-state index in [0.29, 0.717) is 0 Å². The molecule has 1 aromatic heterocycles. The van der Waals surface area contributed by atoms with E-state index in [9.17, 15) is 0 Å². The summed E-state index contributed by atoms with van der Waals surface area (Å²) in [7, 11) is 0. The Balaban J connectivity index is 2.00. The maximum absolute atomic E-state index is 5.04. The Morgan fingerprint density at radius 3 is 2.46 bits per heavy atom. The number of fused-ring (bicyclic) bond motifs is 4. The Hall–Kier alpha value is -2.87. The minimum absolute atomic E-state index is 1.02. The van der Waals surface area contributed by atoms with Crippen LogP contribution >= 0.6 is 0 Å². The predicted molar refractivity (Wildman–Crippen MR) is 102 cm³/mol. The molecule has 2 heteroatoms. The van der Waals surface area contributed by atoms with Crippen LogP contribution in [0.5, 0.6) is 0 Å². The minimum atomic E-state index is 1.02. The summed E-state index contributed by atoms with van der Waals surface area (Å²) in [5.41, 5.74) is 5.96. The molecule has 0 amide bonds. The molecular weight excluding hydrogens is 292 g/mol. The molecule has 116 valence electrons. The maximum atomic E-state index is 5.04. The van der Waals surface area contributed by atoms with Gasteiger partial charge in [0.05, 0.1) is 22.6 Å². The fourth-order valence-corrected chi connectivity index (χ4v) is 3.91. The van der Waals surface area contributed by atoms with Gasteiger partial charge >= 0.3 is 0 Å². The van der Waals surface area contributed by atoms with E-state index in [2.05, 4.69) is 78.6 Å². The van der Waals surface area contributed by atoms with Crippen LogP contribution in [0, 0.1) is 0 Å². The number of hydrogen-bond acceptors (Lipinski definition) is 2. The highest BCUT2D eigenvalue weighted by molar-refractivity contribution is 6.18. The molecule has 0 fully saturated rings. The third kappa shape index (κ3) is 1.74. The highest BCUT2D eigenvalue weighted by Gasteiger charge is 2.25. The average Bonchev–Trinajstić information content (AvgIpc) is 2.65. The van der Waals surface area contributed by atoms with Crippen molar-refractivity contribution in [2.24, 2.45) is 0 Å². The van der Waals surface area contributed by atoms with Gasteiger partial charge < -0.3 is 4.90 Å². The van der Waals surface area contributed by atoms with Crippen LogP contribution < -0.4 is 4.90 Å². The van der Waals surface area contributed by atoms with Crippen molar-refractivity contribution < 1.29 is 0 Å². The van der Waals surface area contributed by atoms with E-state index in [-0.39, 0.29) is 0 Å². The van der Waals surface area contributed by atoms with Crippen molar-refractivity contribution in [3.8, 4) is 11.3 Å². The number of para-hydroxylation sites is 2. The van der Waals surface area contributed by atoms with Gasteiger partial charge in [0.1, 0.15) is 0 Å². The largest absolute Gasteiger partial charge is 0.340 e. The van der Waals surface area contributed by atoms with Crippen molar-refractivity contribution in [2.75, 3.05) is 11.4 Å². The number of benzene rings is 3. The first-order chi connectivity index (χ1) is 11.9. The fourth-order valence-electron chi connectivity index (χ4n) is 3.91. The first-order valence-electron chi connectivity index (χ1n) is 8.57. The van der Waals surface area contributed by atoms with Gasteiger partial charge in [0.15, 0.2) is 0 Å². The van der Waals surface area contributed by atoms with Gasteiger partial charge in [-0.25, -0.2) is 4.98 Å². The maximum Gasteiger partial charge on any atom is 0.0830 e.